The number of fused-ring (bicyclic) bond motifs is 6. The van der Waals surface area contributed by atoms with Gasteiger partial charge in [0.25, 0.3) is 5.91 Å². The van der Waals surface area contributed by atoms with E-state index < -0.39 is 48.3 Å². The van der Waals surface area contributed by atoms with E-state index in [1.54, 1.807) is 0 Å². The Morgan fingerprint density at radius 2 is 1.66 bits per heavy atom. The van der Waals surface area contributed by atoms with E-state index >= 15 is 22.8 Å². The predicted molar refractivity (Wildman–Crippen MR) is 306 cm³/mol. The first-order valence-electron chi connectivity index (χ1n) is 31.3. The zero-order valence-electron chi connectivity index (χ0n) is 48.6. The highest BCUT2D eigenvalue weighted by molar-refractivity contribution is 5.95. The van der Waals surface area contributed by atoms with Gasteiger partial charge in [0.15, 0.2) is 0 Å². The van der Waals surface area contributed by atoms with Gasteiger partial charge in [-0.2, -0.15) is 13.2 Å². The minimum absolute atomic E-state index is 0.0270. The van der Waals surface area contributed by atoms with Gasteiger partial charge in [-0.3, -0.25) is 44.3 Å². The highest BCUT2D eigenvalue weighted by Crippen LogP contribution is 2.47. The molecule has 9 fully saturated rings. The zero-order valence-corrected chi connectivity index (χ0v) is 48.6. The third kappa shape index (κ3) is 11.6. The lowest BCUT2D eigenvalue weighted by molar-refractivity contribution is -0.156. The number of nitrogens with one attached hydrogen (secondary N) is 3. The molecule has 0 radical (unpaired) electrons. The summed E-state index contributed by atoms with van der Waals surface area (Å²) in [5.74, 6) is -0.175. The molecule has 3 saturated carbocycles. The molecule has 82 heavy (non-hydrogen) atoms. The summed E-state index contributed by atoms with van der Waals surface area (Å²) in [7, 11) is 0. The molecule has 6 bridgehead atoms. The number of ether oxygens (including phenoxy) is 2. The number of piperazine rings is 1. The number of hydrogen-bond acceptors (Lipinski definition) is 13. The highest BCUT2D eigenvalue weighted by Gasteiger charge is 2.55. The van der Waals surface area contributed by atoms with Crippen LogP contribution >= 0.6 is 0 Å². The smallest absolute Gasteiger partial charge is 0.406 e. The van der Waals surface area contributed by atoms with Crippen molar-refractivity contribution in [2.75, 3.05) is 95.0 Å². The fourth-order valence-corrected chi connectivity index (χ4v) is 15.6. The minimum Gasteiger partial charge on any atom is -0.464 e. The van der Waals surface area contributed by atoms with Gasteiger partial charge in [0.2, 0.25) is 11.8 Å². The number of amides is 3. The van der Waals surface area contributed by atoms with Crippen molar-refractivity contribution in [1.82, 2.24) is 45.3 Å². The minimum atomic E-state index is -4.56. The van der Waals surface area contributed by atoms with Crippen molar-refractivity contribution in [1.29, 1.82) is 0 Å². The van der Waals surface area contributed by atoms with Crippen molar-refractivity contribution in [2.45, 2.75) is 179 Å². The van der Waals surface area contributed by atoms with E-state index in [0.717, 1.165) is 101 Å². The normalized spacial score (nSPS) is 30.2. The first kappa shape index (κ1) is 56.1. The Kier molecular flexibility index (Phi) is 15.1. The summed E-state index contributed by atoms with van der Waals surface area (Å²) in [4.78, 5) is 74.9. The molecule has 2 aromatic heterocycles. The molecule has 1 spiro atoms. The van der Waals surface area contributed by atoms with Gasteiger partial charge < -0.3 is 34.1 Å². The van der Waals surface area contributed by atoms with E-state index in [-0.39, 0.29) is 60.5 Å². The number of rotatable bonds is 11. The number of halogens is 3. The lowest BCUT2D eigenvalue weighted by atomic mass is 9.84. The number of esters is 1. The van der Waals surface area contributed by atoms with Gasteiger partial charge in [0, 0.05) is 117 Å². The summed E-state index contributed by atoms with van der Waals surface area (Å²) in [6.07, 6.45) is 8.81. The molecule has 3 amide bonds. The van der Waals surface area contributed by atoms with Crippen LogP contribution in [0, 0.1) is 22.7 Å². The number of morpholine rings is 1. The summed E-state index contributed by atoms with van der Waals surface area (Å²) < 4.78 is 59.8. The van der Waals surface area contributed by atoms with Crippen molar-refractivity contribution in [3.63, 3.8) is 0 Å². The van der Waals surface area contributed by atoms with Crippen molar-refractivity contribution in [3.8, 4) is 11.3 Å². The molecular formula is C62H86F3N11O6. The van der Waals surface area contributed by atoms with E-state index in [9.17, 15) is 9.59 Å². The molecule has 7 atom stereocenters. The van der Waals surface area contributed by atoms with Gasteiger partial charge in [-0.15, -0.1) is 0 Å². The molecular weight excluding hydrogens is 1050 g/mol. The van der Waals surface area contributed by atoms with Gasteiger partial charge in [0.1, 0.15) is 24.7 Å². The maximum Gasteiger partial charge on any atom is 0.406 e. The topological polar surface area (TPSA) is 170 Å². The number of pyridine rings is 1. The zero-order chi connectivity index (χ0) is 56.8. The Bertz CT molecular complexity index is 2910. The maximum absolute atomic E-state index is 15.3. The number of anilines is 2. The number of cyclic esters (lactones) is 1. The number of nitrogens with zero attached hydrogens (tertiary/aromatic N) is 8. The summed E-state index contributed by atoms with van der Waals surface area (Å²) in [5.41, 5.74) is 7.13. The van der Waals surface area contributed by atoms with Gasteiger partial charge >= 0.3 is 12.1 Å². The summed E-state index contributed by atoms with van der Waals surface area (Å²) in [5, 5.41) is 8.96. The first-order chi connectivity index (χ1) is 39.4. The molecule has 1 aromatic carbocycles. The van der Waals surface area contributed by atoms with Crippen LogP contribution in [0.2, 0.25) is 0 Å². The molecule has 3 aliphatic carbocycles. The van der Waals surface area contributed by atoms with Crippen LogP contribution in [0.25, 0.3) is 22.2 Å². The standard InChI is InChI=1S/C62H86F3N11O6/c1-38(2)51-46(29-43(32-66-51)71-24-22-70(23-25-71)41-13-14-41)55-47-31-60(3,4)37-82-59(80)48-10-7-19-76(69-48)57(78)49(30-44-33-72(26-27-81-44)42-15-16-50(45(47)28-42)75(55)36-62(63,64)65)67-56(77)54(40-8-5-6-9-40)73-20-17-61(34-73)18-21-74(35-61)58(79)53-52(68-53)39-11-12-39/h15-16,28-29,32,38-41,44,48-49,52-54,68-69H,5-14,17-27,30-31,33-37H2,1-4H3,(H,67,77)/t44-,48-,49-,52+,53+,54-,61-/m0/s1. The second-order valence-corrected chi connectivity index (χ2v) is 27.5. The van der Waals surface area contributed by atoms with E-state index in [1.807, 2.05) is 52.1 Å². The van der Waals surface area contributed by atoms with E-state index in [4.69, 9.17) is 14.5 Å². The number of aromatic nitrogens is 2. The lowest BCUT2D eigenvalue weighted by Crippen LogP contribution is -2.62. The molecule has 10 aliphatic rings. The maximum atomic E-state index is 15.3. The third-order valence-electron chi connectivity index (χ3n) is 20.3. The quantitative estimate of drug-likeness (QED) is 0.139. The van der Waals surface area contributed by atoms with Crippen LogP contribution < -0.4 is 25.9 Å². The summed E-state index contributed by atoms with van der Waals surface area (Å²) >= 11 is 0. The summed E-state index contributed by atoms with van der Waals surface area (Å²) in [6.45, 7) is 14.7. The molecule has 3 aromatic rings. The SMILES string of the molecule is CC(C)c1ncc(N2CCN(C3CC3)CC2)cc1-c1c2c3cc(ccc3n1CC(F)(F)F)N1CCO[C@@H](C[C@H](NC(=O)[C@H](C3CCCC3)N3CC[C@]4(CCN(C(=O)[C@@H]5N[C@@H]5C5CC5)C4)C3)C(=O)N3CCC[C@H](N3)C(=O)OCC(C)(C)C2)C1. The molecule has 20 heteroatoms. The molecule has 0 unspecified atom stereocenters. The number of benzene rings is 1. The van der Waals surface area contributed by atoms with Gasteiger partial charge in [-0.25, -0.2) is 5.43 Å². The Hall–Kier alpha value is -5.02. The molecule has 13 rings (SSSR count). The monoisotopic (exact) mass is 1140 g/mol. The third-order valence-corrected chi connectivity index (χ3v) is 20.3. The molecule has 7 aliphatic heterocycles. The molecule has 17 nitrogen and oxygen atoms in total. The van der Waals surface area contributed by atoms with Crippen molar-refractivity contribution >= 4 is 46.0 Å². The number of carbonyl (C=O) groups excluding carboxylic acids is 4. The van der Waals surface area contributed by atoms with Gasteiger partial charge in [-0.05, 0) is 125 Å². The van der Waals surface area contributed by atoms with Gasteiger partial charge in [0.05, 0.1) is 48.6 Å². The van der Waals surface area contributed by atoms with Crippen LogP contribution in [0.5, 0.6) is 0 Å². The molecule has 9 heterocycles. The Balaban J connectivity index is 0.822. The van der Waals surface area contributed by atoms with Crippen LogP contribution in [0.3, 0.4) is 0 Å². The van der Waals surface area contributed by atoms with E-state index in [2.05, 4.69) is 46.6 Å². The Labute approximate surface area is 480 Å². The van der Waals surface area contributed by atoms with E-state index in [1.165, 1.54) is 35.3 Å². The van der Waals surface area contributed by atoms with Crippen LogP contribution in [-0.4, -0.2) is 187 Å². The Morgan fingerprint density at radius 1 is 0.878 bits per heavy atom. The predicted octanol–water partition coefficient (Wildman–Crippen LogP) is 6.61. The summed E-state index contributed by atoms with van der Waals surface area (Å²) in [6, 6.07) is 6.43. The fourth-order valence-electron chi connectivity index (χ4n) is 15.6. The van der Waals surface area contributed by atoms with E-state index in [0.29, 0.717) is 91.5 Å². The van der Waals surface area contributed by atoms with Crippen LogP contribution in [0.15, 0.2) is 30.5 Å². The molecule has 446 valence electrons. The fraction of sp³-hybridized carbons (Fsp3) is 0.726. The number of hydrogen-bond donors (Lipinski definition) is 3. The number of likely N-dealkylation sites (tertiary alicyclic amines) is 2. The van der Waals surface area contributed by atoms with Gasteiger partial charge in [-0.1, -0.05) is 40.5 Å². The van der Waals surface area contributed by atoms with Crippen molar-refractivity contribution < 1.29 is 41.8 Å². The highest BCUT2D eigenvalue weighted by atomic mass is 19.4. The van der Waals surface area contributed by atoms with Crippen molar-refractivity contribution in [3.05, 3.63) is 41.7 Å². The molecule has 6 saturated heterocycles. The average Bonchev–Trinajstić information content (AvgIpc) is 3.43. The van der Waals surface area contributed by atoms with Crippen LogP contribution in [0.1, 0.15) is 128 Å². The first-order valence-corrected chi connectivity index (χ1v) is 31.3. The van der Waals surface area contributed by atoms with Crippen LogP contribution in [-0.2, 0) is 41.6 Å². The van der Waals surface area contributed by atoms with Crippen LogP contribution in [0.4, 0.5) is 24.5 Å². The number of carbonyl (C=O) groups is 4. The number of hydrazine groups is 1. The second-order valence-electron chi connectivity index (χ2n) is 27.5. The lowest BCUT2D eigenvalue weighted by Gasteiger charge is -2.39. The largest absolute Gasteiger partial charge is 0.464 e. The second kappa shape index (κ2) is 22.1. The molecule has 3 N–H and O–H groups in total. The average molecular weight is 1140 g/mol. The van der Waals surface area contributed by atoms with Crippen molar-refractivity contribution in [2.24, 2.45) is 22.7 Å². The number of alkyl halides is 3. The Morgan fingerprint density at radius 3 is 2.40 bits per heavy atom.